The third-order valence-electron chi connectivity index (χ3n) is 9.62. The van der Waals surface area contributed by atoms with Crippen LogP contribution in [0.4, 0.5) is 22.9 Å². The number of rotatable bonds is 6. The molecule has 9 aromatic rings. The highest BCUT2D eigenvalue weighted by Gasteiger charge is 2.12. The van der Waals surface area contributed by atoms with E-state index in [9.17, 15) is 14.2 Å². The highest BCUT2D eigenvalue weighted by atomic mass is 36.0. The van der Waals surface area contributed by atoms with Gasteiger partial charge in [-0.25, -0.2) is 29.7 Å². The van der Waals surface area contributed by atoms with Crippen molar-refractivity contribution in [2.45, 2.75) is 34.6 Å². The molecule has 0 radical (unpaired) electrons. The van der Waals surface area contributed by atoms with Crippen LogP contribution in [-0.2, 0) is 9.30 Å². The lowest BCUT2D eigenvalue weighted by molar-refractivity contribution is 0.0602. The van der Waals surface area contributed by atoms with Crippen LogP contribution in [0.2, 0.25) is 5.15 Å². The van der Waals surface area contributed by atoms with E-state index in [-0.39, 0.29) is 30.4 Å². The van der Waals surface area contributed by atoms with Crippen molar-refractivity contribution in [2.24, 2.45) is 0 Å². The number of hydrogen-bond donors (Lipinski definition) is 3. The van der Waals surface area contributed by atoms with Gasteiger partial charge in [0.15, 0.2) is 0 Å². The minimum atomic E-state index is -3.22. The second kappa shape index (κ2) is 38.2. The van der Waals surface area contributed by atoms with Crippen molar-refractivity contribution in [1.82, 2.24) is 29.9 Å². The zero-order valence-corrected chi connectivity index (χ0v) is 50.3. The number of aryl methyl sites for hydroxylation is 3. The first-order valence-electron chi connectivity index (χ1n) is 22.7. The quantitative estimate of drug-likeness (QED) is 0.0606. The van der Waals surface area contributed by atoms with Gasteiger partial charge in [0.1, 0.15) is 39.9 Å². The Labute approximate surface area is 491 Å². The zero-order chi connectivity index (χ0) is 57.5. The number of nitriles is 2. The summed E-state index contributed by atoms with van der Waals surface area (Å²) in [5, 5.41) is 17.6. The molecule has 17 nitrogen and oxygen atoms in total. The van der Waals surface area contributed by atoms with Crippen molar-refractivity contribution >= 4 is 137 Å². The fourth-order valence-corrected chi connectivity index (χ4v) is 6.54. The van der Waals surface area contributed by atoms with Gasteiger partial charge in [-0.3, -0.25) is 9.36 Å². The van der Waals surface area contributed by atoms with Gasteiger partial charge in [0.05, 0.1) is 61.0 Å². The first-order valence-corrected chi connectivity index (χ1v) is 27.5. The molecule has 9 rings (SSSR count). The second-order valence-electron chi connectivity index (χ2n) is 15.0. The summed E-state index contributed by atoms with van der Waals surface area (Å²) in [5.74, 6) is 4.36. The molecule has 0 aliphatic rings. The average molecular weight is 1210 g/mol. The molecule has 0 saturated heterocycles. The van der Waals surface area contributed by atoms with Gasteiger partial charge in [0, 0.05) is 55.8 Å². The van der Waals surface area contributed by atoms with Gasteiger partial charge < -0.3 is 35.1 Å². The lowest BCUT2D eigenvalue weighted by atomic mass is 10.2. The topological polar surface area (TPSA) is 248 Å². The Morgan fingerprint density at radius 1 is 0.646 bits per heavy atom. The molecule has 0 amide bonds. The predicted molar refractivity (Wildman–Crippen MR) is 329 cm³/mol. The fourth-order valence-electron chi connectivity index (χ4n) is 6.26. The monoisotopic (exact) mass is 1210 g/mol. The molecule has 0 spiro atoms. The maximum atomic E-state index is 11.3. The highest BCUT2D eigenvalue weighted by molar-refractivity contribution is 8.24. The van der Waals surface area contributed by atoms with E-state index in [1.54, 1.807) is 63.6 Å². The maximum Gasteiger partial charge on any atom is 0.339 e. The minimum Gasteiger partial charge on any atom is -0.497 e. The average Bonchev–Trinajstić information content (AvgIpc) is 3.42. The molecular weight excluding hydrogens is 1150 g/mol. The lowest BCUT2D eigenvalue weighted by Crippen LogP contribution is -2.12. The molecule has 0 unspecified atom stereocenters. The lowest BCUT2D eigenvalue weighted by Gasteiger charge is -2.20. The van der Waals surface area contributed by atoms with E-state index in [1.807, 2.05) is 143 Å². The van der Waals surface area contributed by atoms with Crippen LogP contribution < -0.4 is 31.0 Å². The van der Waals surface area contributed by atoms with Gasteiger partial charge in [0.2, 0.25) is 0 Å². The molecule has 3 heterocycles. The van der Waals surface area contributed by atoms with Crippen molar-refractivity contribution in [3.63, 3.8) is 0 Å². The van der Waals surface area contributed by atoms with Crippen LogP contribution in [0.25, 0.3) is 32.7 Å². The van der Waals surface area contributed by atoms with E-state index < -0.39 is 11.2 Å². The molecule has 3 aromatic heterocycles. The number of para-hydroxylation sites is 4. The van der Waals surface area contributed by atoms with E-state index in [1.165, 1.54) is 21.0 Å². The molecule has 418 valence electrons. The number of carbonyl (C=O) groups excluding carboxylic acids is 1. The second-order valence-corrected chi connectivity index (χ2v) is 22.0. The Bertz CT molecular complexity index is 3430. The number of aromatic nitrogens is 6. The number of aromatic amines is 1. The number of halogens is 6. The number of nitrogens with one attached hydrogen (secondary N) is 2. The van der Waals surface area contributed by atoms with Crippen LogP contribution in [-0.4, -0.2) is 71.3 Å². The third kappa shape index (κ3) is 26.2. The Balaban J connectivity index is 0.000000934. The van der Waals surface area contributed by atoms with Crippen LogP contribution >= 0.6 is 75.3 Å². The molecule has 0 atom stereocenters. The Hall–Kier alpha value is -7.44. The fraction of sp³-hybridized carbons (Fsp3) is 0.182. The predicted octanol–water partition coefficient (Wildman–Crippen LogP) is 15.0. The first-order chi connectivity index (χ1) is 36.7. The molecule has 0 saturated carbocycles. The van der Waals surface area contributed by atoms with Crippen LogP contribution in [0.1, 0.15) is 41.7 Å². The summed E-state index contributed by atoms with van der Waals surface area (Å²) < 4.78 is 24.2. The molecule has 0 fully saturated rings. The van der Waals surface area contributed by atoms with E-state index in [0.29, 0.717) is 33.4 Å². The molecule has 4 N–H and O–H groups in total. The number of nitrogens with zero attached hydrogens (tertiary/aromatic N) is 8. The van der Waals surface area contributed by atoms with E-state index in [0.717, 1.165) is 61.8 Å². The first kappa shape index (κ1) is 71.6. The normalized spacial score (nSPS) is 9.37. The van der Waals surface area contributed by atoms with Gasteiger partial charge in [0.25, 0.3) is 5.56 Å². The van der Waals surface area contributed by atoms with Gasteiger partial charge >= 0.3 is 11.2 Å². The highest BCUT2D eigenvalue weighted by Crippen LogP contribution is 2.61. The standard InChI is InChI=1S/C17H17N3O.C9H7ClN2.C9H8N2O.C8H9NO2.C8H11NO.2C2H3N.Cl3OP.2ClH/c1-12-18-16-7-5-4-6-15(16)17(19-12)20(2)13-8-10-14(21-3)11-9-13;1-6-11-8-5-3-2-4-7(8)9(10)12-6;1-6-10-8-5-3-2-4-7(8)9(12)11-6;1-11-8(10)6-4-2-3-5-7(6)9;1-9-7-3-5-8(10-2)6-4-7;2*1-2-3;1-5(2,3)4;;/h4-11H,1-3H3;2-5H,1H3;2-5H,1H3,(H,10,11,12);2-5H,9H2,1H3;3-6,9H,1-2H3;2*1H3;;2*1H. The summed E-state index contributed by atoms with van der Waals surface area (Å²) >= 11 is 19.8. The van der Waals surface area contributed by atoms with E-state index >= 15 is 0 Å². The Morgan fingerprint density at radius 2 is 1.05 bits per heavy atom. The summed E-state index contributed by atoms with van der Waals surface area (Å²) in [6.45, 7) is 8.38. The van der Waals surface area contributed by atoms with Gasteiger partial charge in [-0.15, -0.1) is 24.8 Å². The number of anilines is 4. The maximum absolute atomic E-state index is 11.3. The number of methoxy groups -OCH3 is 3. The van der Waals surface area contributed by atoms with Crippen molar-refractivity contribution in [3.8, 4) is 23.6 Å². The molecular formula is C55H60Cl6N11O6P. The number of esters is 1. The molecule has 24 heteroatoms. The number of nitrogens with two attached hydrogens (primary N) is 1. The largest absolute Gasteiger partial charge is 0.497 e. The summed E-state index contributed by atoms with van der Waals surface area (Å²) in [5.41, 5.74) is 11.0. The minimum absolute atomic E-state index is 0. The van der Waals surface area contributed by atoms with Crippen LogP contribution in [0.5, 0.6) is 11.5 Å². The molecule has 0 bridgehead atoms. The Kier molecular flexibility index (Phi) is 34.6. The summed E-state index contributed by atoms with van der Waals surface area (Å²) in [4.78, 5) is 48.5. The SMILES string of the molecule is CC#N.CC#N.CNc1ccc(OC)cc1.COC(=O)c1ccccc1N.COc1ccc(N(C)c2nc(C)nc3ccccc23)cc1.Cc1nc(Cl)c2ccccc2n1.Cc1nc2ccccc2c(=O)[nH]1.Cl.Cl.O=P(Cl)(Cl)Cl. The van der Waals surface area contributed by atoms with Crippen LogP contribution in [0.15, 0.2) is 150 Å². The van der Waals surface area contributed by atoms with Crippen molar-refractivity contribution in [3.05, 3.63) is 184 Å². The Morgan fingerprint density at radius 3 is 1.52 bits per heavy atom. The van der Waals surface area contributed by atoms with Crippen molar-refractivity contribution in [2.75, 3.05) is 51.4 Å². The van der Waals surface area contributed by atoms with Crippen molar-refractivity contribution in [1.29, 1.82) is 10.5 Å². The number of benzene rings is 6. The number of hydrogen-bond acceptors (Lipinski definition) is 16. The molecule has 0 aliphatic heterocycles. The summed E-state index contributed by atoms with van der Waals surface area (Å²) in [6, 6.07) is 49.1. The number of nitrogen functional groups attached to an aromatic ring is 1. The third-order valence-corrected chi connectivity index (χ3v) is 9.91. The van der Waals surface area contributed by atoms with Crippen LogP contribution in [0.3, 0.4) is 0 Å². The number of fused-ring (bicyclic) bond motifs is 3. The smallest absolute Gasteiger partial charge is 0.339 e. The number of carbonyl (C=O) groups is 1. The summed E-state index contributed by atoms with van der Waals surface area (Å²) in [7, 11) is 8.56. The molecule has 79 heavy (non-hydrogen) atoms. The zero-order valence-electron chi connectivity index (χ0n) is 44.7. The van der Waals surface area contributed by atoms with Crippen LogP contribution in [0, 0.1) is 43.4 Å². The van der Waals surface area contributed by atoms with Gasteiger partial charge in [-0.1, -0.05) is 60.1 Å². The van der Waals surface area contributed by atoms with E-state index in [2.05, 4.69) is 78.6 Å². The van der Waals surface area contributed by atoms with Gasteiger partial charge in [-0.2, -0.15) is 10.5 Å². The van der Waals surface area contributed by atoms with Crippen molar-refractivity contribution < 1.29 is 23.6 Å². The molecule has 0 aliphatic carbocycles. The number of ether oxygens (including phenoxy) is 3. The number of H-pyrrole nitrogens is 1. The molecule has 6 aromatic carbocycles. The summed E-state index contributed by atoms with van der Waals surface area (Å²) in [6.07, 6.45) is 0. The van der Waals surface area contributed by atoms with Gasteiger partial charge in [-0.05, 0) is 152 Å². The van der Waals surface area contributed by atoms with E-state index in [4.69, 9.17) is 37.3 Å².